The summed E-state index contributed by atoms with van der Waals surface area (Å²) < 4.78 is 0. The molecule has 0 radical (unpaired) electrons. The Kier molecular flexibility index (Phi) is 3.78. The van der Waals surface area contributed by atoms with Gasteiger partial charge in [0.2, 0.25) is 0 Å². The predicted molar refractivity (Wildman–Crippen MR) is 51.8 cm³/mol. The largest absolute Gasteiger partial charge is 0.332 e. The van der Waals surface area contributed by atoms with E-state index in [1.165, 1.54) is 6.42 Å². The number of likely N-dealkylation sites (tertiary alicyclic amines) is 1. The summed E-state index contributed by atoms with van der Waals surface area (Å²) in [6.07, 6.45) is 8.28. The molecule has 0 spiro atoms. The number of rotatable bonds is 2. The third kappa shape index (κ3) is 2.74. The van der Waals surface area contributed by atoms with Crippen molar-refractivity contribution in [2.24, 2.45) is 11.7 Å². The van der Waals surface area contributed by atoms with Crippen molar-refractivity contribution in [1.82, 2.24) is 4.90 Å². The number of nitrogens with two attached hydrogens (primary N) is 1. The smallest absolute Gasteiger partial charge is 0.298 e. The Morgan fingerprint density at radius 1 is 1.69 bits per heavy atom. The van der Waals surface area contributed by atoms with Crippen molar-refractivity contribution in [1.29, 1.82) is 0 Å². The van der Waals surface area contributed by atoms with E-state index < -0.39 is 0 Å². The van der Waals surface area contributed by atoms with Crippen LogP contribution in [-0.2, 0) is 4.79 Å². The van der Waals surface area contributed by atoms with Crippen molar-refractivity contribution in [2.45, 2.75) is 19.3 Å². The molecule has 1 saturated heterocycles. The highest BCUT2D eigenvalue weighted by atomic mass is 16.2. The van der Waals surface area contributed by atoms with E-state index in [1.807, 2.05) is 0 Å². The highest BCUT2D eigenvalue weighted by Crippen LogP contribution is 2.18. The maximum atomic E-state index is 11.2. The summed E-state index contributed by atoms with van der Waals surface area (Å²) in [5.74, 6) is 2.53. The van der Waals surface area contributed by atoms with Gasteiger partial charge in [-0.3, -0.25) is 4.79 Å². The Morgan fingerprint density at radius 3 is 3.08 bits per heavy atom. The summed E-state index contributed by atoms with van der Waals surface area (Å²) in [5, 5.41) is 0. The molecule has 0 aromatic heterocycles. The first kappa shape index (κ1) is 10.1. The molecule has 0 aromatic rings. The summed E-state index contributed by atoms with van der Waals surface area (Å²) in [6, 6.07) is 0. The number of carbonyl (C=O) groups excluding carboxylic acids is 1. The minimum absolute atomic E-state index is 0.179. The number of hydrogen-bond acceptors (Lipinski definition) is 2. The SMILES string of the molecule is C#CC(=O)N1CCCC(CCN)C1. The number of carbonyl (C=O) groups is 1. The Hall–Kier alpha value is -1.01. The van der Waals surface area contributed by atoms with Crippen molar-refractivity contribution in [3.05, 3.63) is 0 Å². The van der Waals surface area contributed by atoms with E-state index in [0.29, 0.717) is 12.5 Å². The topological polar surface area (TPSA) is 46.3 Å². The number of hydrogen-bond donors (Lipinski definition) is 1. The van der Waals surface area contributed by atoms with Crippen LogP contribution < -0.4 is 5.73 Å². The third-order valence-electron chi connectivity index (χ3n) is 2.50. The van der Waals surface area contributed by atoms with Gasteiger partial charge in [0.15, 0.2) is 0 Å². The highest BCUT2D eigenvalue weighted by Gasteiger charge is 2.21. The molecule has 0 aromatic carbocycles. The van der Waals surface area contributed by atoms with Crippen LogP contribution in [0.1, 0.15) is 19.3 Å². The molecular formula is C10H16N2O. The molecular weight excluding hydrogens is 164 g/mol. The van der Waals surface area contributed by atoms with Crippen LogP contribution in [0.2, 0.25) is 0 Å². The average Bonchev–Trinajstić information content (AvgIpc) is 2.18. The van der Waals surface area contributed by atoms with Crippen LogP contribution in [0.25, 0.3) is 0 Å². The molecule has 1 fully saturated rings. The lowest BCUT2D eigenvalue weighted by atomic mass is 9.95. The van der Waals surface area contributed by atoms with Gasteiger partial charge < -0.3 is 10.6 Å². The minimum atomic E-state index is -0.179. The van der Waals surface area contributed by atoms with E-state index >= 15 is 0 Å². The van der Waals surface area contributed by atoms with E-state index in [0.717, 1.165) is 25.9 Å². The van der Waals surface area contributed by atoms with Gasteiger partial charge in [0, 0.05) is 13.1 Å². The lowest BCUT2D eigenvalue weighted by Gasteiger charge is -2.31. The standard InChI is InChI=1S/C10H16N2O/c1-2-10(13)12-7-3-4-9(8-12)5-6-11/h1,9H,3-8,11H2. The van der Waals surface area contributed by atoms with Crippen LogP contribution >= 0.6 is 0 Å². The molecule has 3 heteroatoms. The number of terminal acetylenes is 1. The van der Waals surface area contributed by atoms with Crippen molar-refractivity contribution < 1.29 is 4.79 Å². The van der Waals surface area contributed by atoms with Gasteiger partial charge in [-0.2, -0.15) is 0 Å². The number of nitrogens with zero attached hydrogens (tertiary/aromatic N) is 1. The van der Waals surface area contributed by atoms with E-state index in [9.17, 15) is 4.79 Å². The van der Waals surface area contributed by atoms with Gasteiger partial charge in [0.1, 0.15) is 0 Å². The first-order valence-corrected chi connectivity index (χ1v) is 4.73. The van der Waals surface area contributed by atoms with Gasteiger partial charge in [0.25, 0.3) is 5.91 Å². The average molecular weight is 180 g/mol. The van der Waals surface area contributed by atoms with E-state index in [-0.39, 0.29) is 5.91 Å². The Balaban J connectivity index is 2.42. The zero-order valence-electron chi connectivity index (χ0n) is 7.83. The molecule has 1 atom stereocenters. The first-order valence-electron chi connectivity index (χ1n) is 4.73. The molecule has 13 heavy (non-hydrogen) atoms. The van der Waals surface area contributed by atoms with Crippen LogP contribution in [0, 0.1) is 18.3 Å². The van der Waals surface area contributed by atoms with Crippen molar-refractivity contribution >= 4 is 5.91 Å². The molecule has 1 unspecified atom stereocenters. The molecule has 1 amide bonds. The Labute approximate surface area is 79.3 Å². The van der Waals surface area contributed by atoms with Crippen LogP contribution in [0.3, 0.4) is 0 Å². The third-order valence-corrected chi connectivity index (χ3v) is 2.50. The minimum Gasteiger partial charge on any atom is -0.332 e. The van der Waals surface area contributed by atoms with E-state index in [1.54, 1.807) is 4.90 Å². The second-order valence-electron chi connectivity index (χ2n) is 3.48. The molecule has 3 nitrogen and oxygen atoms in total. The normalized spacial score (nSPS) is 22.5. The maximum absolute atomic E-state index is 11.2. The van der Waals surface area contributed by atoms with Gasteiger partial charge in [-0.15, -0.1) is 6.42 Å². The summed E-state index contributed by atoms with van der Waals surface area (Å²) in [7, 11) is 0. The molecule has 2 N–H and O–H groups in total. The monoisotopic (exact) mass is 180 g/mol. The van der Waals surface area contributed by atoms with Crippen LogP contribution in [-0.4, -0.2) is 30.4 Å². The second-order valence-corrected chi connectivity index (χ2v) is 3.48. The fourth-order valence-corrected chi connectivity index (χ4v) is 1.81. The lowest BCUT2D eigenvalue weighted by Crippen LogP contribution is -2.39. The quantitative estimate of drug-likeness (QED) is 0.617. The zero-order chi connectivity index (χ0) is 9.68. The molecule has 0 bridgehead atoms. The van der Waals surface area contributed by atoms with Crippen LogP contribution in [0.4, 0.5) is 0 Å². The van der Waals surface area contributed by atoms with Gasteiger partial charge in [-0.1, -0.05) is 0 Å². The van der Waals surface area contributed by atoms with Crippen LogP contribution in [0.15, 0.2) is 0 Å². The second kappa shape index (κ2) is 4.88. The molecule has 0 saturated carbocycles. The molecule has 0 aliphatic carbocycles. The van der Waals surface area contributed by atoms with E-state index in [4.69, 9.17) is 12.2 Å². The fraction of sp³-hybridized carbons (Fsp3) is 0.700. The van der Waals surface area contributed by atoms with E-state index in [2.05, 4.69) is 5.92 Å². The first-order chi connectivity index (χ1) is 6.27. The number of piperidine rings is 1. The number of amides is 1. The molecule has 1 heterocycles. The fourth-order valence-electron chi connectivity index (χ4n) is 1.81. The molecule has 1 rings (SSSR count). The van der Waals surface area contributed by atoms with Gasteiger partial charge in [0.05, 0.1) is 0 Å². The molecule has 1 aliphatic heterocycles. The van der Waals surface area contributed by atoms with Gasteiger partial charge in [-0.05, 0) is 37.6 Å². The predicted octanol–water partition coefficient (Wildman–Crippen LogP) is 0.207. The maximum Gasteiger partial charge on any atom is 0.298 e. The van der Waals surface area contributed by atoms with Crippen molar-refractivity contribution in [3.8, 4) is 12.3 Å². The molecule has 1 aliphatic rings. The summed E-state index contributed by atoms with van der Waals surface area (Å²) >= 11 is 0. The molecule has 72 valence electrons. The summed E-state index contributed by atoms with van der Waals surface area (Å²) in [5.41, 5.74) is 5.47. The Morgan fingerprint density at radius 2 is 2.46 bits per heavy atom. The van der Waals surface area contributed by atoms with Gasteiger partial charge >= 0.3 is 0 Å². The lowest BCUT2D eigenvalue weighted by molar-refractivity contribution is -0.126. The van der Waals surface area contributed by atoms with Crippen molar-refractivity contribution in [2.75, 3.05) is 19.6 Å². The van der Waals surface area contributed by atoms with Gasteiger partial charge in [-0.25, -0.2) is 0 Å². The zero-order valence-corrected chi connectivity index (χ0v) is 7.83. The van der Waals surface area contributed by atoms with Crippen LogP contribution in [0.5, 0.6) is 0 Å². The Bertz CT molecular complexity index is 217. The summed E-state index contributed by atoms with van der Waals surface area (Å²) in [4.78, 5) is 12.9. The van der Waals surface area contributed by atoms with Crippen molar-refractivity contribution in [3.63, 3.8) is 0 Å². The highest BCUT2D eigenvalue weighted by molar-refractivity contribution is 5.92. The summed E-state index contributed by atoms with van der Waals surface area (Å²) in [6.45, 7) is 2.30.